The van der Waals surface area contributed by atoms with E-state index in [0.717, 1.165) is 22.4 Å². The van der Waals surface area contributed by atoms with Crippen molar-refractivity contribution < 1.29 is 19.1 Å². The van der Waals surface area contributed by atoms with Gasteiger partial charge in [-0.25, -0.2) is 0 Å². The van der Waals surface area contributed by atoms with Crippen molar-refractivity contribution in [3.8, 4) is 5.75 Å². The molecule has 7 heteroatoms. The van der Waals surface area contributed by atoms with Gasteiger partial charge in [0.2, 0.25) is 11.8 Å². The van der Waals surface area contributed by atoms with E-state index in [1.54, 1.807) is 7.11 Å². The van der Waals surface area contributed by atoms with Crippen LogP contribution in [0.25, 0.3) is 10.9 Å². The highest BCUT2D eigenvalue weighted by Crippen LogP contribution is 2.53. The second-order valence-corrected chi connectivity index (χ2v) is 9.72. The highest BCUT2D eigenvalue weighted by molar-refractivity contribution is 5.93. The number of aromatic nitrogens is 1. The van der Waals surface area contributed by atoms with Crippen molar-refractivity contribution >= 4 is 22.7 Å². The summed E-state index contributed by atoms with van der Waals surface area (Å²) < 4.78 is 11.5. The van der Waals surface area contributed by atoms with Gasteiger partial charge >= 0.3 is 0 Å². The molecule has 2 bridgehead atoms. The fourth-order valence-electron chi connectivity index (χ4n) is 5.99. The second-order valence-electron chi connectivity index (χ2n) is 9.72. The van der Waals surface area contributed by atoms with Crippen LogP contribution in [-0.2, 0) is 20.7 Å². The molecule has 5 atom stereocenters. The summed E-state index contributed by atoms with van der Waals surface area (Å²) in [5.74, 6) is -0.358. The number of aromatic amines is 1. The van der Waals surface area contributed by atoms with Crippen molar-refractivity contribution in [2.45, 2.75) is 31.1 Å². The smallest absolute Gasteiger partial charge is 0.230 e. The molecule has 2 N–H and O–H groups in total. The lowest BCUT2D eigenvalue weighted by Gasteiger charge is -2.28. The summed E-state index contributed by atoms with van der Waals surface area (Å²) in [6.45, 7) is 2.98. The number of hydrogen-bond acceptors (Lipinski definition) is 4. The third kappa shape index (κ3) is 3.45. The second kappa shape index (κ2) is 8.27. The monoisotopic (exact) mass is 471 g/mol. The Morgan fingerprint density at radius 1 is 1.26 bits per heavy atom. The molecule has 2 saturated heterocycles. The number of nitrogens with zero attached hydrogens (tertiary/aromatic N) is 1. The van der Waals surface area contributed by atoms with Crippen LogP contribution in [0.4, 0.5) is 0 Å². The van der Waals surface area contributed by atoms with Gasteiger partial charge in [-0.15, -0.1) is 0 Å². The van der Waals surface area contributed by atoms with Gasteiger partial charge in [-0.2, -0.15) is 0 Å². The minimum atomic E-state index is -0.721. The fourth-order valence-corrected chi connectivity index (χ4v) is 5.99. The minimum Gasteiger partial charge on any atom is -0.497 e. The summed E-state index contributed by atoms with van der Waals surface area (Å²) in [7, 11) is 1.63. The molecule has 1 aromatic heterocycles. The first kappa shape index (κ1) is 21.9. The van der Waals surface area contributed by atoms with Crippen molar-refractivity contribution in [1.29, 1.82) is 0 Å². The van der Waals surface area contributed by atoms with Crippen molar-refractivity contribution in [3.05, 3.63) is 78.0 Å². The molecular weight excluding hydrogens is 442 g/mol. The highest BCUT2D eigenvalue weighted by Gasteiger charge is 2.67. The van der Waals surface area contributed by atoms with E-state index >= 15 is 0 Å². The van der Waals surface area contributed by atoms with E-state index in [2.05, 4.69) is 16.4 Å². The van der Waals surface area contributed by atoms with E-state index in [9.17, 15) is 9.59 Å². The summed E-state index contributed by atoms with van der Waals surface area (Å²) in [4.78, 5) is 32.1. The Balaban J connectivity index is 1.16. The molecule has 1 spiro atoms. The number of ether oxygens (including phenoxy) is 2. The van der Waals surface area contributed by atoms with E-state index < -0.39 is 17.4 Å². The number of carbonyl (C=O) groups excluding carboxylic acids is 2. The molecule has 0 radical (unpaired) electrons. The van der Waals surface area contributed by atoms with Gasteiger partial charge in [0, 0.05) is 23.6 Å². The number of likely N-dealkylation sites (tertiary alicyclic amines) is 1. The number of carbonyl (C=O) groups is 2. The molecule has 3 aromatic rings. The Labute approximate surface area is 204 Å². The molecule has 2 amide bonds. The molecule has 180 valence electrons. The number of methoxy groups -OCH3 is 1. The van der Waals surface area contributed by atoms with Crippen molar-refractivity contribution in [3.63, 3.8) is 0 Å². The van der Waals surface area contributed by atoms with E-state index in [4.69, 9.17) is 9.47 Å². The van der Waals surface area contributed by atoms with Crippen molar-refractivity contribution in [1.82, 2.24) is 15.2 Å². The third-order valence-electron chi connectivity index (χ3n) is 7.87. The number of nitrogens with one attached hydrogen (secondary N) is 2. The summed E-state index contributed by atoms with van der Waals surface area (Å²) >= 11 is 0. The fraction of sp³-hybridized carbons (Fsp3) is 0.357. The van der Waals surface area contributed by atoms with Crippen molar-refractivity contribution in [2.75, 3.05) is 20.2 Å². The van der Waals surface area contributed by atoms with E-state index in [1.807, 2.05) is 72.6 Å². The van der Waals surface area contributed by atoms with E-state index in [-0.39, 0.29) is 24.0 Å². The van der Waals surface area contributed by atoms with Crippen molar-refractivity contribution in [2.24, 2.45) is 11.8 Å². The molecule has 2 aromatic carbocycles. The molecule has 0 unspecified atom stereocenters. The molecule has 4 heterocycles. The van der Waals surface area contributed by atoms with Crippen LogP contribution in [-0.4, -0.2) is 53.6 Å². The first-order valence-electron chi connectivity index (χ1n) is 12.1. The summed E-state index contributed by atoms with van der Waals surface area (Å²) in [6, 6.07) is 15.8. The maximum atomic E-state index is 13.6. The molecule has 3 aliphatic rings. The van der Waals surface area contributed by atoms with Crippen LogP contribution in [0.1, 0.15) is 24.1 Å². The van der Waals surface area contributed by atoms with Gasteiger partial charge in [0.1, 0.15) is 11.4 Å². The average molecular weight is 472 g/mol. The predicted octanol–water partition coefficient (Wildman–Crippen LogP) is 3.38. The topological polar surface area (TPSA) is 83.7 Å². The molecule has 3 aliphatic heterocycles. The lowest BCUT2D eigenvalue weighted by molar-refractivity contribution is -0.138. The maximum absolute atomic E-state index is 13.6. The largest absolute Gasteiger partial charge is 0.497 e. The Bertz CT molecular complexity index is 1310. The van der Waals surface area contributed by atoms with Crippen LogP contribution in [0.15, 0.2) is 66.9 Å². The maximum Gasteiger partial charge on any atom is 0.230 e. The van der Waals surface area contributed by atoms with Crippen LogP contribution in [0.2, 0.25) is 0 Å². The Hall–Kier alpha value is -3.58. The van der Waals surface area contributed by atoms with E-state index in [1.165, 1.54) is 5.39 Å². The van der Waals surface area contributed by atoms with Gasteiger partial charge in [-0.1, -0.05) is 42.5 Å². The molecule has 35 heavy (non-hydrogen) atoms. The quantitative estimate of drug-likeness (QED) is 0.518. The minimum absolute atomic E-state index is 0.0167. The standard InChI is InChI=1S/C28H29N3O4/c1-17(18-7-9-20(34-2)10-8-18)31-16-28-13-11-23(35-28)24(25(28)27(31)33)26(32)29-14-12-19-15-30-22-6-4-3-5-21(19)22/h3-11,13,15,17,23-25,30H,12,14,16H2,1-2H3,(H,29,32)/t17-,23-,24+,25-,28-/m0/s1. The lowest BCUT2D eigenvalue weighted by Crippen LogP contribution is -2.44. The first-order valence-corrected chi connectivity index (χ1v) is 12.1. The number of hydrogen-bond donors (Lipinski definition) is 2. The van der Waals surface area contributed by atoms with Crippen LogP contribution in [0.5, 0.6) is 5.75 Å². The van der Waals surface area contributed by atoms with Crippen LogP contribution in [0, 0.1) is 11.8 Å². The van der Waals surface area contributed by atoms with Crippen LogP contribution < -0.4 is 10.1 Å². The Morgan fingerprint density at radius 3 is 2.86 bits per heavy atom. The molecule has 2 fully saturated rings. The number of amides is 2. The normalized spacial score (nSPS) is 27.4. The zero-order valence-corrected chi connectivity index (χ0v) is 19.9. The molecule has 0 saturated carbocycles. The van der Waals surface area contributed by atoms with Gasteiger partial charge in [-0.3, -0.25) is 9.59 Å². The number of para-hydroxylation sites is 1. The number of benzene rings is 2. The van der Waals surface area contributed by atoms with Gasteiger partial charge in [0.05, 0.1) is 37.6 Å². The zero-order valence-electron chi connectivity index (χ0n) is 19.9. The number of H-pyrrole nitrogens is 1. The van der Waals surface area contributed by atoms with E-state index in [0.29, 0.717) is 19.5 Å². The van der Waals surface area contributed by atoms with Gasteiger partial charge in [-0.05, 0) is 42.7 Å². The number of rotatable bonds is 7. The number of fused-ring (bicyclic) bond motifs is 2. The van der Waals surface area contributed by atoms with Gasteiger partial charge in [0.25, 0.3) is 0 Å². The zero-order chi connectivity index (χ0) is 24.2. The predicted molar refractivity (Wildman–Crippen MR) is 132 cm³/mol. The Kier molecular flexibility index (Phi) is 5.18. The summed E-state index contributed by atoms with van der Waals surface area (Å²) in [5, 5.41) is 4.25. The van der Waals surface area contributed by atoms with Gasteiger partial charge in [0.15, 0.2) is 0 Å². The summed E-state index contributed by atoms with van der Waals surface area (Å²) in [6.07, 6.45) is 6.31. The first-order chi connectivity index (χ1) is 17.0. The average Bonchev–Trinajstić information content (AvgIpc) is 3.63. The van der Waals surface area contributed by atoms with Crippen LogP contribution in [0.3, 0.4) is 0 Å². The third-order valence-corrected chi connectivity index (χ3v) is 7.87. The van der Waals surface area contributed by atoms with Gasteiger partial charge < -0.3 is 24.7 Å². The molecule has 0 aliphatic carbocycles. The summed E-state index contributed by atoms with van der Waals surface area (Å²) in [5.41, 5.74) is 2.55. The Morgan fingerprint density at radius 2 is 2.06 bits per heavy atom. The SMILES string of the molecule is COc1ccc([C@H](C)N2C[C@]34C=C[C@H](O3)[C@@H](C(=O)NCCc3c[nH]c5ccccc35)[C@H]4C2=O)cc1. The molecule has 6 rings (SSSR count). The van der Waals surface area contributed by atoms with Crippen LogP contribution >= 0.6 is 0 Å². The molecule has 7 nitrogen and oxygen atoms in total. The molecular formula is C28H29N3O4. The lowest BCUT2D eigenvalue weighted by atomic mass is 9.77. The highest BCUT2D eigenvalue weighted by atomic mass is 16.5.